The minimum Gasteiger partial charge on any atom is -0.488 e. The van der Waals surface area contributed by atoms with Crippen molar-refractivity contribution in [3.63, 3.8) is 0 Å². The molecule has 0 N–H and O–H groups in total. The molecule has 24 heavy (non-hydrogen) atoms. The first-order valence-corrected chi connectivity index (χ1v) is 7.74. The van der Waals surface area contributed by atoms with Crippen molar-refractivity contribution in [2.75, 3.05) is 7.05 Å². The van der Waals surface area contributed by atoms with E-state index in [-0.39, 0.29) is 12.5 Å². The van der Waals surface area contributed by atoms with E-state index in [9.17, 15) is 4.79 Å². The molecule has 4 rings (SSSR count). The Labute approximate surface area is 139 Å². The van der Waals surface area contributed by atoms with Crippen molar-refractivity contribution in [3.05, 3.63) is 71.4 Å². The van der Waals surface area contributed by atoms with E-state index in [1.807, 2.05) is 54.6 Å². The zero-order valence-corrected chi connectivity index (χ0v) is 13.2. The number of nitrogens with zero attached hydrogens (tertiary/aromatic N) is 2. The number of aromatic nitrogens is 1. The van der Waals surface area contributed by atoms with Gasteiger partial charge >= 0.3 is 0 Å². The van der Waals surface area contributed by atoms with E-state index in [1.165, 1.54) is 0 Å². The summed E-state index contributed by atoms with van der Waals surface area (Å²) in [6, 6.07) is 17.4. The molecule has 5 heteroatoms. The van der Waals surface area contributed by atoms with Gasteiger partial charge in [-0.2, -0.15) is 0 Å². The van der Waals surface area contributed by atoms with Gasteiger partial charge in [0, 0.05) is 13.6 Å². The molecular weight excluding hydrogens is 304 g/mol. The molecule has 2 aromatic carbocycles. The van der Waals surface area contributed by atoms with E-state index in [0.29, 0.717) is 23.6 Å². The molecule has 2 heterocycles. The molecule has 1 aliphatic heterocycles. The van der Waals surface area contributed by atoms with Gasteiger partial charge in [-0.25, -0.2) is 0 Å². The van der Waals surface area contributed by atoms with Gasteiger partial charge in [-0.1, -0.05) is 47.6 Å². The van der Waals surface area contributed by atoms with Crippen molar-refractivity contribution in [3.8, 4) is 17.1 Å². The van der Waals surface area contributed by atoms with Crippen LogP contribution in [0.5, 0.6) is 5.75 Å². The Balaban J connectivity index is 1.62. The topological polar surface area (TPSA) is 55.6 Å². The van der Waals surface area contributed by atoms with Crippen molar-refractivity contribution in [2.45, 2.75) is 13.2 Å². The quantitative estimate of drug-likeness (QED) is 0.741. The van der Waals surface area contributed by atoms with E-state index < -0.39 is 0 Å². The number of carbonyl (C=O) groups is 1. The SMILES string of the molecule is CN(Cc1ccccc1)C(=O)c1noc2c1COc1ccccc1-2. The van der Waals surface area contributed by atoms with Gasteiger partial charge in [0.1, 0.15) is 12.4 Å². The van der Waals surface area contributed by atoms with Gasteiger partial charge < -0.3 is 14.2 Å². The number of hydrogen-bond donors (Lipinski definition) is 0. The average molecular weight is 320 g/mol. The summed E-state index contributed by atoms with van der Waals surface area (Å²) in [4.78, 5) is 14.4. The standard InChI is InChI=1S/C19H16N2O3/c1-21(11-13-7-3-2-4-8-13)19(22)17-15-12-23-16-10-6-5-9-14(16)18(15)24-20-17/h2-10H,11-12H2,1H3. The van der Waals surface area contributed by atoms with E-state index in [0.717, 1.165) is 16.9 Å². The molecule has 0 bridgehead atoms. The Bertz CT molecular complexity index is 887. The number of ether oxygens (including phenoxy) is 1. The molecule has 3 aromatic rings. The molecule has 1 aliphatic rings. The predicted octanol–water partition coefficient (Wildman–Crippen LogP) is 3.51. The number of amides is 1. The first-order valence-electron chi connectivity index (χ1n) is 7.74. The van der Waals surface area contributed by atoms with Crippen LogP contribution in [0, 0.1) is 0 Å². The summed E-state index contributed by atoms with van der Waals surface area (Å²) >= 11 is 0. The number of fused-ring (bicyclic) bond motifs is 3. The highest BCUT2D eigenvalue weighted by atomic mass is 16.5. The van der Waals surface area contributed by atoms with Gasteiger partial charge in [0.2, 0.25) is 0 Å². The van der Waals surface area contributed by atoms with Crippen molar-refractivity contribution in [1.29, 1.82) is 0 Å². The number of benzene rings is 2. The largest absolute Gasteiger partial charge is 0.488 e. The van der Waals surface area contributed by atoms with Crippen LogP contribution in [0.4, 0.5) is 0 Å². The van der Waals surface area contributed by atoms with Crippen LogP contribution in [0.1, 0.15) is 21.6 Å². The highest BCUT2D eigenvalue weighted by Gasteiger charge is 2.29. The van der Waals surface area contributed by atoms with Crippen molar-refractivity contribution in [2.24, 2.45) is 0 Å². The fraction of sp³-hybridized carbons (Fsp3) is 0.158. The Morgan fingerprint density at radius 2 is 1.88 bits per heavy atom. The lowest BCUT2D eigenvalue weighted by molar-refractivity contribution is 0.0772. The lowest BCUT2D eigenvalue weighted by atomic mass is 10.0. The number of hydrogen-bond acceptors (Lipinski definition) is 4. The highest BCUT2D eigenvalue weighted by molar-refractivity contribution is 5.95. The third kappa shape index (κ3) is 2.44. The molecular formula is C19H16N2O3. The summed E-state index contributed by atoms with van der Waals surface area (Å²) in [5, 5.41) is 4.01. The van der Waals surface area contributed by atoms with Crippen molar-refractivity contribution < 1.29 is 14.1 Å². The lowest BCUT2D eigenvalue weighted by Gasteiger charge is -2.18. The Hall–Kier alpha value is -3.08. The van der Waals surface area contributed by atoms with Crippen LogP contribution >= 0.6 is 0 Å². The predicted molar refractivity (Wildman–Crippen MR) is 88.5 cm³/mol. The summed E-state index contributed by atoms with van der Waals surface area (Å²) in [6.07, 6.45) is 0. The van der Waals surface area contributed by atoms with Crippen LogP contribution in [0.25, 0.3) is 11.3 Å². The second-order valence-corrected chi connectivity index (χ2v) is 5.77. The molecule has 0 atom stereocenters. The van der Waals surface area contributed by atoms with Crippen molar-refractivity contribution in [1.82, 2.24) is 10.1 Å². The van der Waals surface area contributed by atoms with Crippen LogP contribution in [-0.2, 0) is 13.2 Å². The summed E-state index contributed by atoms with van der Waals surface area (Å²) < 4.78 is 11.2. The number of carbonyl (C=O) groups excluding carboxylic acids is 1. The molecule has 1 amide bonds. The number of rotatable bonds is 3. The summed E-state index contributed by atoms with van der Waals surface area (Å²) in [7, 11) is 1.76. The second-order valence-electron chi connectivity index (χ2n) is 5.77. The Morgan fingerprint density at radius 1 is 1.12 bits per heavy atom. The van der Waals surface area contributed by atoms with Gasteiger partial charge in [0.05, 0.1) is 11.1 Å². The third-order valence-electron chi connectivity index (χ3n) is 4.10. The Kier molecular flexibility index (Phi) is 3.54. The lowest BCUT2D eigenvalue weighted by Crippen LogP contribution is -2.27. The average Bonchev–Trinajstić information content (AvgIpc) is 3.06. The molecule has 1 aromatic heterocycles. The second kappa shape index (κ2) is 5.85. The van der Waals surface area contributed by atoms with Crippen LogP contribution in [0.3, 0.4) is 0 Å². The zero-order chi connectivity index (χ0) is 16.5. The summed E-state index contributed by atoms with van der Waals surface area (Å²) in [6.45, 7) is 0.800. The third-order valence-corrected chi connectivity index (χ3v) is 4.10. The smallest absolute Gasteiger partial charge is 0.276 e. The minimum absolute atomic E-state index is 0.174. The molecule has 0 aliphatic carbocycles. The molecule has 0 fully saturated rings. The van der Waals surface area contributed by atoms with Gasteiger partial charge in [-0.15, -0.1) is 0 Å². The summed E-state index contributed by atoms with van der Waals surface area (Å²) in [5.41, 5.74) is 2.92. The van der Waals surface area contributed by atoms with E-state index in [2.05, 4.69) is 5.16 Å². The molecule has 0 radical (unpaired) electrons. The van der Waals surface area contributed by atoms with Crippen LogP contribution < -0.4 is 4.74 Å². The monoisotopic (exact) mass is 320 g/mol. The van der Waals surface area contributed by atoms with E-state index >= 15 is 0 Å². The Morgan fingerprint density at radius 3 is 2.71 bits per heavy atom. The maximum absolute atomic E-state index is 12.7. The van der Waals surface area contributed by atoms with Gasteiger partial charge in [-0.3, -0.25) is 4.79 Å². The molecule has 120 valence electrons. The van der Waals surface area contributed by atoms with Gasteiger partial charge in [0.15, 0.2) is 11.5 Å². The fourth-order valence-corrected chi connectivity index (χ4v) is 2.86. The summed E-state index contributed by atoms with van der Waals surface area (Å²) in [5.74, 6) is 1.19. The molecule has 0 saturated heterocycles. The maximum atomic E-state index is 12.7. The number of para-hydroxylation sites is 1. The van der Waals surface area contributed by atoms with Gasteiger partial charge in [0.25, 0.3) is 5.91 Å². The van der Waals surface area contributed by atoms with E-state index in [4.69, 9.17) is 9.26 Å². The molecule has 0 saturated carbocycles. The van der Waals surface area contributed by atoms with E-state index in [1.54, 1.807) is 11.9 Å². The van der Waals surface area contributed by atoms with Crippen LogP contribution in [0.2, 0.25) is 0 Å². The fourth-order valence-electron chi connectivity index (χ4n) is 2.86. The molecule has 5 nitrogen and oxygen atoms in total. The van der Waals surface area contributed by atoms with Crippen LogP contribution in [-0.4, -0.2) is 23.0 Å². The van der Waals surface area contributed by atoms with Gasteiger partial charge in [-0.05, 0) is 17.7 Å². The highest BCUT2D eigenvalue weighted by Crippen LogP contribution is 2.38. The molecule has 0 spiro atoms. The zero-order valence-electron chi connectivity index (χ0n) is 13.2. The first-order chi connectivity index (χ1) is 11.7. The molecule has 0 unspecified atom stereocenters. The van der Waals surface area contributed by atoms with Crippen molar-refractivity contribution >= 4 is 5.91 Å². The van der Waals surface area contributed by atoms with Crippen LogP contribution in [0.15, 0.2) is 59.1 Å². The maximum Gasteiger partial charge on any atom is 0.276 e. The first kappa shape index (κ1) is 14.5. The minimum atomic E-state index is -0.174. The normalized spacial score (nSPS) is 12.0.